The van der Waals surface area contributed by atoms with E-state index in [9.17, 15) is 4.79 Å². The summed E-state index contributed by atoms with van der Waals surface area (Å²) in [6, 6.07) is 7.40. The molecule has 0 spiro atoms. The number of carbonyl (C=O) groups excluding carboxylic acids is 1. The Balaban J connectivity index is 2.05. The van der Waals surface area contributed by atoms with Crippen LogP contribution in [0.3, 0.4) is 0 Å². The second-order valence-electron chi connectivity index (χ2n) is 4.99. The number of carbonyl (C=O) groups is 1. The highest BCUT2D eigenvalue weighted by molar-refractivity contribution is 5.98. The van der Waals surface area contributed by atoms with E-state index in [4.69, 9.17) is 9.47 Å². The van der Waals surface area contributed by atoms with Crippen molar-refractivity contribution in [2.24, 2.45) is 0 Å². The molecule has 1 heterocycles. The molecule has 1 unspecified atom stereocenters. The monoisotopic (exact) mass is 263 g/mol. The van der Waals surface area contributed by atoms with Crippen molar-refractivity contribution in [1.29, 1.82) is 0 Å². The number of para-hydroxylation sites is 1. The topological polar surface area (TPSA) is 47.6 Å². The quantitative estimate of drug-likeness (QED) is 0.826. The molecular weight excluding hydrogens is 242 g/mol. The highest BCUT2D eigenvalue weighted by Gasteiger charge is 2.20. The summed E-state index contributed by atoms with van der Waals surface area (Å²) in [5.74, 6) is 0.733. The zero-order chi connectivity index (χ0) is 13.7. The molecule has 1 aliphatic rings. The molecule has 4 nitrogen and oxygen atoms in total. The van der Waals surface area contributed by atoms with Crippen LogP contribution in [0.2, 0.25) is 0 Å². The molecule has 2 rings (SSSR count). The van der Waals surface area contributed by atoms with Crippen LogP contribution in [0, 0.1) is 0 Å². The summed E-state index contributed by atoms with van der Waals surface area (Å²) in [6.07, 6.45) is 0.417. The van der Waals surface area contributed by atoms with E-state index in [2.05, 4.69) is 5.32 Å². The fourth-order valence-corrected chi connectivity index (χ4v) is 2.12. The molecule has 1 saturated heterocycles. The van der Waals surface area contributed by atoms with E-state index in [0.717, 1.165) is 13.1 Å². The van der Waals surface area contributed by atoms with Gasteiger partial charge in [-0.25, -0.2) is 0 Å². The average molecular weight is 263 g/mol. The van der Waals surface area contributed by atoms with Crippen molar-refractivity contribution in [1.82, 2.24) is 5.32 Å². The summed E-state index contributed by atoms with van der Waals surface area (Å²) >= 11 is 0. The number of benzene rings is 1. The lowest BCUT2D eigenvalue weighted by Gasteiger charge is -2.23. The van der Waals surface area contributed by atoms with E-state index in [1.165, 1.54) is 0 Å². The fraction of sp³-hybridized carbons (Fsp3) is 0.533. The molecule has 4 heteroatoms. The highest BCUT2D eigenvalue weighted by atomic mass is 16.5. The number of ether oxygens (including phenoxy) is 2. The van der Waals surface area contributed by atoms with E-state index in [0.29, 0.717) is 24.3 Å². The number of hydrogen-bond acceptors (Lipinski definition) is 4. The third-order valence-corrected chi connectivity index (χ3v) is 2.97. The molecule has 0 bridgehead atoms. The minimum atomic E-state index is -0.0339. The van der Waals surface area contributed by atoms with Crippen LogP contribution in [0.15, 0.2) is 24.3 Å². The Morgan fingerprint density at radius 1 is 1.47 bits per heavy atom. The van der Waals surface area contributed by atoms with Crippen LogP contribution in [-0.4, -0.2) is 37.7 Å². The first-order valence-electron chi connectivity index (χ1n) is 6.78. The Kier molecular flexibility index (Phi) is 4.93. The maximum Gasteiger partial charge on any atom is 0.169 e. The number of hydrogen-bond donors (Lipinski definition) is 1. The first-order chi connectivity index (χ1) is 9.16. The highest BCUT2D eigenvalue weighted by Crippen LogP contribution is 2.22. The maximum absolute atomic E-state index is 12.3. The molecule has 1 fully saturated rings. The van der Waals surface area contributed by atoms with E-state index in [1.807, 2.05) is 38.1 Å². The smallest absolute Gasteiger partial charge is 0.169 e. The van der Waals surface area contributed by atoms with Crippen molar-refractivity contribution in [3.63, 3.8) is 0 Å². The number of morpholine rings is 1. The average Bonchev–Trinajstić information content (AvgIpc) is 2.39. The van der Waals surface area contributed by atoms with Gasteiger partial charge in [-0.3, -0.25) is 4.79 Å². The fourth-order valence-electron chi connectivity index (χ4n) is 2.12. The van der Waals surface area contributed by atoms with Crippen molar-refractivity contribution >= 4 is 5.78 Å². The summed E-state index contributed by atoms with van der Waals surface area (Å²) in [4.78, 5) is 12.3. The third-order valence-electron chi connectivity index (χ3n) is 2.97. The molecule has 1 aliphatic heterocycles. The second kappa shape index (κ2) is 6.68. The van der Waals surface area contributed by atoms with E-state index < -0.39 is 0 Å². The molecule has 1 N–H and O–H groups in total. The Morgan fingerprint density at radius 3 is 2.95 bits per heavy atom. The van der Waals surface area contributed by atoms with Gasteiger partial charge in [0.15, 0.2) is 5.78 Å². The lowest BCUT2D eigenvalue weighted by atomic mass is 10.0. The summed E-state index contributed by atoms with van der Waals surface area (Å²) in [5.41, 5.74) is 0.644. The number of ketones is 1. The second-order valence-corrected chi connectivity index (χ2v) is 4.99. The minimum absolute atomic E-state index is 0.0339. The first kappa shape index (κ1) is 14.0. The molecule has 19 heavy (non-hydrogen) atoms. The van der Waals surface area contributed by atoms with Crippen LogP contribution in [0.4, 0.5) is 0 Å². The molecule has 1 aromatic rings. The van der Waals surface area contributed by atoms with Gasteiger partial charge >= 0.3 is 0 Å². The zero-order valence-electron chi connectivity index (χ0n) is 11.5. The first-order valence-corrected chi connectivity index (χ1v) is 6.78. The van der Waals surface area contributed by atoms with Crippen LogP contribution in [0.1, 0.15) is 30.6 Å². The predicted molar refractivity (Wildman–Crippen MR) is 73.8 cm³/mol. The number of nitrogens with one attached hydrogen (secondary N) is 1. The minimum Gasteiger partial charge on any atom is -0.490 e. The van der Waals surface area contributed by atoms with Gasteiger partial charge in [0.25, 0.3) is 0 Å². The Morgan fingerprint density at radius 2 is 2.26 bits per heavy atom. The molecular formula is C15H21NO3. The van der Waals surface area contributed by atoms with E-state index >= 15 is 0 Å². The van der Waals surface area contributed by atoms with Crippen LogP contribution in [0.5, 0.6) is 5.75 Å². The van der Waals surface area contributed by atoms with Crippen LogP contribution in [-0.2, 0) is 4.74 Å². The third kappa shape index (κ3) is 4.04. The molecule has 0 radical (unpaired) electrons. The standard InChI is InChI=1S/C15H21NO3/c1-11(2)19-15-6-4-3-5-13(15)14(17)9-12-10-16-7-8-18-12/h3-6,11-12,16H,7-10H2,1-2H3. The number of Topliss-reactive ketones (excluding diaryl/α,β-unsaturated/α-hetero) is 1. The van der Waals surface area contributed by atoms with Crippen LogP contribution >= 0.6 is 0 Å². The van der Waals surface area contributed by atoms with Gasteiger partial charge in [-0.1, -0.05) is 12.1 Å². The molecule has 1 aromatic carbocycles. The van der Waals surface area contributed by atoms with Crippen molar-refractivity contribution in [3.05, 3.63) is 29.8 Å². The van der Waals surface area contributed by atoms with Gasteiger partial charge in [0, 0.05) is 19.5 Å². The SMILES string of the molecule is CC(C)Oc1ccccc1C(=O)CC1CNCCO1. The van der Waals surface area contributed by atoms with Gasteiger partial charge in [-0.05, 0) is 26.0 Å². The van der Waals surface area contributed by atoms with E-state index in [1.54, 1.807) is 0 Å². The molecule has 0 saturated carbocycles. The van der Waals surface area contributed by atoms with Crippen molar-refractivity contribution < 1.29 is 14.3 Å². The van der Waals surface area contributed by atoms with Crippen molar-refractivity contribution in [3.8, 4) is 5.75 Å². The van der Waals surface area contributed by atoms with Crippen LogP contribution in [0.25, 0.3) is 0 Å². The molecule has 104 valence electrons. The van der Waals surface area contributed by atoms with Gasteiger partial charge in [0.1, 0.15) is 5.75 Å². The lowest BCUT2D eigenvalue weighted by molar-refractivity contribution is 0.0239. The molecule has 1 atom stereocenters. The van der Waals surface area contributed by atoms with Gasteiger partial charge in [0.2, 0.25) is 0 Å². The normalized spacial score (nSPS) is 19.4. The lowest BCUT2D eigenvalue weighted by Crippen LogP contribution is -2.39. The maximum atomic E-state index is 12.3. The zero-order valence-corrected chi connectivity index (χ0v) is 11.5. The summed E-state index contributed by atoms with van der Waals surface area (Å²) < 4.78 is 11.2. The Labute approximate surface area is 114 Å². The largest absolute Gasteiger partial charge is 0.490 e. The van der Waals surface area contributed by atoms with Crippen LogP contribution < -0.4 is 10.1 Å². The van der Waals surface area contributed by atoms with Crippen molar-refractivity contribution in [2.45, 2.75) is 32.5 Å². The summed E-state index contributed by atoms with van der Waals surface area (Å²) in [6.45, 7) is 6.17. The van der Waals surface area contributed by atoms with Gasteiger partial charge in [-0.2, -0.15) is 0 Å². The predicted octanol–water partition coefficient (Wildman–Crippen LogP) is 2.04. The summed E-state index contributed by atoms with van der Waals surface area (Å²) in [5, 5.41) is 3.23. The van der Waals surface area contributed by atoms with Gasteiger partial charge < -0.3 is 14.8 Å². The van der Waals surface area contributed by atoms with Gasteiger partial charge in [0.05, 0.1) is 24.4 Å². The van der Waals surface area contributed by atoms with Gasteiger partial charge in [-0.15, -0.1) is 0 Å². The molecule has 0 aliphatic carbocycles. The Hall–Kier alpha value is -1.39. The summed E-state index contributed by atoms with van der Waals surface area (Å²) in [7, 11) is 0. The Bertz CT molecular complexity index is 425. The van der Waals surface area contributed by atoms with E-state index in [-0.39, 0.29) is 18.0 Å². The van der Waals surface area contributed by atoms with Crippen molar-refractivity contribution in [2.75, 3.05) is 19.7 Å². The molecule has 0 amide bonds. The molecule has 0 aromatic heterocycles. The number of rotatable bonds is 5.